The lowest BCUT2D eigenvalue weighted by Gasteiger charge is -2.20. The Labute approximate surface area is 124 Å². The van der Waals surface area contributed by atoms with Crippen molar-refractivity contribution in [1.82, 2.24) is 4.98 Å². The van der Waals surface area contributed by atoms with Crippen LogP contribution in [0.4, 0.5) is 5.69 Å². The van der Waals surface area contributed by atoms with Crippen molar-refractivity contribution in [1.29, 1.82) is 0 Å². The van der Waals surface area contributed by atoms with Crippen molar-refractivity contribution in [3.63, 3.8) is 0 Å². The molecule has 4 nitrogen and oxygen atoms in total. The number of nitrogens with zero attached hydrogens (tertiary/aromatic N) is 2. The Morgan fingerprint density at radius 3 is 2.71 bits per heavy atom. The zero-order valence-electron chi connectivity index (χ0n) is 12.3. The van der Waals surface area contributed by atoms with Crippen LogP contribution in [0.15, 0.2) is 46.9 Å². The fourth-order valence-electron chi connectivity index (χ4n) is 2.52. The molecule has 3 aromatic rings. The number of pyridine rings is 1. The number of benzene rings is 1. The number of aromatic nitrogens is 1. The number of furan rings is 1. The van der Waals surface area contributed by atoms with Crippen molar-refractivity contribution in [2.24, 2.45) is 5.73 Å². The van der Waals surface area contributed by atoms with Crippen LogP contribution < -0.4 is 10.6 Å². The van der Waals surface area contributed by atoms with E-state index in [9.17, 15) is 0 Å². The zero-order valence-corrected chi connectivity index (χ0v) is 12.3. The number of para-hydroxylation sites is 1. The first-order valence-corrected chi connectivity index (χ1v) is 7.02. The van der Waals surface area contributed by atoms with Gasteiger partial charge in [-0.2, -0.15) is 0 Å². The molecule has 0 spiro atoms. The largest absolute Gasteiger partial charge is 0.464 e. The van der Waals surface area contributed by atoms with Gasteiger partial charge in [0.15, 0.2) is 0 Å². The van der Waals surface area contributed by atoms with E-state index in [1.54, 1.807) is 0 Å². The molecule has 0 aliphatic rings. The summed E-state index contributed by atoms with van der Waals surface area (Å²) in [6, 6.07) is 14.2. The Kier molecular flexibility index (Phi) is 3.62. The topological polar surface area (TPSA) is 55.3 Å². The Bertz CT molecular complexity index is 764. The van der Waals surface area contributed by atoms with Crippen molar-refractivity contribution in [3.8, 4) is 0 Å². The highest BCUT2D eigenvalue weighted by Gasteiger charge is 2.11. The minimum absolute atomic E-state index is 0.436. The third-order valence-electron chi connectivity index (χ3n) is 3.56. The molecule has 0 amide bonds. The van der Waals surface area contributed by atoms with Gasteiger partial charge in [0, 0.05) is 24.7 Å². The summed E-state index contributed by atoms with van der Waals surface area (Å²) in [6.45, 7) is 3.11. The lowest BCUT2D eigenvalue weighted by Crippen LogP contribution is -2.17. The van der Waals surface area contributed by atoms with E-state index in [-0.39, 0.29) is 0 Å². The maximum absolute atomic E-state index is 5.77. The van der Waals surface area contributed by atoms with E-state index in [4.69, 9.17) is 10.2 Å². The van der Waals surface area contributed by atoms with Crippen molar-refractivity contribution in [3.05, 3.63) is 59.7 Å². The van der Waals surface area contributed by atoms with Gasteiger partial charge < -0.3 is 15.1 Å². The van der Waals surface area contributed by atoms with Gasteiger partial charge in [-0.05, 0) is 31.2 Å². The van der Waals surface area contributed by atoms with Gasteiger partial charge in [0.05, 0.1) is 17.8 Å². The number of rotatable bonds is 4. The molecule has 0 saturated heterocycles. The number of nitrogens with two attached hydrogens (primary N) is 1. The van der Waals surface area contributed by atoms with Crippen LogP contribution in [-0.2, 0) is 13.1 Å². The first kappa shape index (κ1) is 13.6. The van der Waals surface area contributed by atoms with Gasteiger partial charge in [0.1, 0.15) is 11.5 Å². The summed E-state index contributed by atoms with van der Waals surface area (Å²) in [5, 5.41) is 1.13. The summed E-state index contributed by atoms with van der Waals surface area (Å²) in [5.74, 6) is 1.88. The van der Waals surface area contributed by atoms with E-state index in [1.807, 2.05) is 37.3 Å². The molecular weight excluding hydrogens is 262 g/mol. The van der Waals surface area contributed by atoms with Gasteiger partial charge in [-0.1, -0.05) is 18.2 Å². The molecule has 0 unspecified atom stereocenters. The maximum atomic E-state index is 5.77. The number of fused-ring (bicyclic) bond motifs is 1. The monoisotopic (exact) mass is 281 g/mol. The highest BCUT2D eigenvalue weighted by molar-refractivity contribution is 5.91. The summed E-state index contributed by atoms with van der Waals surface area (Å²) >= 11 is 0. The molecule has 2 N–H and O–H groups in total. The van der Waals surface area contributed by atoms with E-state index in [1.165, 1.54) is 0 Å². The predicted octanol–water partition coefficient (Wildman–Crippen LogP) is 3.23. The number of anilines is 1. The van der Waals surface area contributed by atoms with Crippen molar-refractivity contribution < 1.29 is 4.42 Å². The van der Waals surface area contributed by atoms with E-state index >= 15 is 0 Å². The highest BCUT2D eigenvalue weighted by Crippen LogP contribution is 2.27. The molecule has 0 aliphatic heterocycles. The van der Waals surface area contributed by atoms with Gasteiger partial charge in [-0.25, -0.2) is 0 Å². The fraction of sp³-hybridized carbons (Fsp3) is 0.235. The quantitative estimate of drug-likeness (QED) is 0.797. The first-order valence-electron chi connectivity index (χ1n) is 7.02. The number of hydrogen-bond acceptors (Lipinski definition) is 4. The van der Waals surface area contributed by atoms with E-state index in [0.29, 0.717) is 13.1 Å². The number of aryl methyl sites for hydroxylation is 1. The minimum Gasteiger partial charge on any atom is -0.464 e. The molecule has 0 radical (unpaired) electrons. The van der Waals surface area contributed by atoms with Crippen LogP contribution in [0.2, 0.25) is 0 Å². The van der Waals surface area contributed by atoms with Crippen molar-refractivity contribution in [2.45, 2.75) is 20.0 Å². The second kappa shape index (κ2) is 5.58. The summed E-state index contributed by atoms with van der Waals surface area (Å²) in [7, 11) is 2.06. The summed E-state index contributed by atoms with van der Waals surface area (Å²) in [4.78, 5) is 6.74. The summed E-state index contributed by atoms with van der Waals surface area (Å²) in [5.41, 5.74) is 8.75. The molecule has 3 rings (SSSR count). The molecule has 0 fully saturated rings. The van der Waals surface area contributed by atoms with Crippen LogP contribution in [0.25, 0.3) is 10.9 Å². The Balaban J connectivity index is 2.01. The lowest BCUT2D eigenvalue weighted by molar-refractivity contribution is 0.482. The highest BCUT2D eigenvalue weighted by atomic mass is 16.3. The molecule has 0 saturated carbocycles. The lowest BCUT2D eigenvalue weighted by atomic mass is 10.1. The van der Waals surface area contributed by atoms with Crippen LogP contribution in [0.5, 0.6) is 0 Å². The van der Waals surface area contributed by atoms with Gasteiger partial charge in [-0.3, -0.25) is 4.98 Å². The third kappa shape index (κ3) is 2.76. The molecular formula is C17H19N3O. The average molecular weight is 281 g/mol. The third-order valence-corrected chi connectivity index (χ3v) is 3.56. The Morgan fingerprint density at radius 2 is 2.00 bits per heavy atom. The van der Waals surface area contributed by atoms with Gasteiger partial charge in [-0.15, -0.1) is 0 Å². The van der Waals surface area contributed by atoms with E-state index in [0.717, 1.165) is 33.8 Å². The molecule has 0 aliphatic carbocycles. The average Bonchev–Trinajstić information content (AvgIpc) is 2.91. The van der Waals surface area contributed by atoms with Crippen molar-refractivity contribution >= 4 is 16.6 Å². The van der Waals surface area contributed by atoms with Crippen LogP contribution in [0, 0.1) is 6.92 Å². The van der Waals surface area contributed by atoms with Gasteiger partial charge in [0.25, 0.3) is 0 Å². The Hall–Kier alpha value is -2.33. The first-order chi connectivity index (χ1) is 10.2. The smallest absolute Gasteiger partial charge is 0.123 e. The standard InChI is InChI=1S/C17H19N3O/c1-12-7-8-14(21-12)11-20(2)17-9-13(10-18)19-16-6-4-3-5-15(16)17/h3-9H,10-11,18H2,1-2H3. The second-order valence-electron chi connectivity index (χ2n) is 5.22. The Morgan fingerprint density at radius 1 is 1.19 bits per heavy atom. The molecule has 2 aromatic heterocycles. The molecule has 21 heavy (non-hydrogen) atoms. The fourth-order valence-corrected chi connectivity index (χ4v) is 2.52. The molecule has 108 valence electrons. The zero-order chi connectivity index (χ0) is 14.8. The van der Waals surface area contributed by atoms with Crippen LogP contribution in [0.3, 0.4) is 0 Å². The van der Waals surface area contributed by atoms with Gasteiger partial charge in [0.2, 0.25) is 0 Å². The second-order valence-corrected chi connectivity index (χ2v) is 5.22. The SMILES string of the molecule is Cc1ccc(CN(C)c2cc(CN)nc3ccccc23)o1. The van der Waals surface area contributed by atoms with Crippen LogP contribution >= 0.6 is 0 Å². The number of hydrogen-bond donors (Lipinski definition) is 1. The molecule has 4 heteroatoms. The predicted molar refractivity (Wildman–Crippen MR) is 85.2 cm³/mol. The normalized spacial score (nSPS) is 11.0. The summed E-state index contributed by atoms with van der Waals surface area (Å²) < 4.78 is 5.66. The van der Waals surface area contributed by atoms with Crippen LogP contribution in [0.1, 0.15) is 17.2 Å². The van der Waals surface area contributed by atoms with Gasteiger partial charge >= 0.3 is 0 Å². The van der Waals surface area contributed by atoms with Crippen molar-refractivity contribution in [2.75, 3.05) is 11.9 Å². The molecule has 2 heterocycles. The minimum atomic E-state index is 0.436. The maximum Gasteiger partial charge on any atom is 0.123 e. The summed E-state index contributed by atoms with van der Waals surface area (Å²) in [6.07, 6.45) is 0. The van der Waals surface area contributed by atoms with E-state index in [2.05, 4.69) is 29.1 Å². The van der Waals surface area contributed by atoms with Crippen LogP contribution in [-0.4, -0.2) is 12.0 Å². The van der Waals surface area contributed by atoms with E-state index < -0.39 is 0 Å². The molecule has 0 atom stereocenters. The molecule has 1 aromatic carbocycles. The molecule has 0 bridgehead atoms.